The van der Waals surface area contributed by atoms with Crippen LogP contribution in [0.1, 0.15) is 56.2 Å². The highest BCUT2D eigenvalue weighted by molar-refractivity contribution is 5.47. The number of hydrogen-bond donors (Lipinski definition) is 1. The molecule has 3 aliphatic rings. The van der Waals surface area contributed by atoms with Gasteiger partial charge < -0.3 is 10.2 Å². The smallest absolute Gasteiger partial charge is 0.133 e. The molecule has 2 saturated heterocycles. The number of nitrogens with zero attached hydrogens (tertiary/aromatic N) is 3. The molecule has 0 saturated carbocycles. The van der Waals surface area contributed by atoms with Crippen molar-refractivity contribution in [2.45, 2.75) is 69.9 Å². The van der Waals surface area contributed by atoms with Gasteiger partial charge in [0.1, 0.15) is 12.1 Å². The second-order valence-corrected chi connectivity index (χ2v) is 6.91. The van der Waals surface area contributed by atoms with E-state index in [0.29, 0.717) is 6.04 Å². The van der Waals surface area contributed by atoms with Gasteiger partial charge in [0.2, 0.25) is 0 Å². The van der Waals surface area contributed by atoms with Crippen molar-refractivity contribution in [3.05, 3.63) is 17.6 Å². The Labute approximate surface area is 127 Å². The Hall–Kier alpha value is -1.16. The molecule has 1 aromatic rings. The van der Waals surface area contributed by atoms with E-state index in [9.17, 15) is 0 Å². The van der Waals surface area contributed by atoms with E-state index in [2.05, 4.69) is 20.2 Å². The first-order valence-electron chi connectivity index (χ1n) is 8.73. The van der Waals surface area contributed by atoms with Gasteiger partial charge in [0, 0.05) is 29.9 Å². The molecule has 2 aliphatic heterocycles. The Bertz CT molecular complexity index is 502. The van der Waals surface area contributed by atoms with Gasteiger partial charge in [-0.15, -0.1) is 0 Å². The van der Waals surface area contributed by atoms with Crippen LogP contribution in [0.5, 0.6) is 0 Å². The van der Waals surface area contributed by atoms with Crippen molar-refractivity contribution in [1.29, 1.82) is 0 Å². The predicted molar refractivity (Wildman–Crippen MR) is 84.5 cm³/mol. The molecule has 4 rings (SSSR count). The predicted octanol–water partition coefficient (Wildman–Crippen LogP) is 2.78. The van der Waals surface area contributed by atoms with Gasteiger partial charge in [-0.2, -0.15) is 0 Å². The molecular formula is C17H26N4. The number of aryl methyl sites for hydroxylation is 1. The molecule has 0 radical (unpaired) electrons. The number of nitrogens with one attached hydrogen (secondary N) is 1. The van der Waals surface area contributed by atoms with Crippen LogP contribution in [0.15, 0.2) is 6.33 Å². The molecule has 2 atom stereocenters. The van der Waals surface area contributed by atoms with Crippen molar-refractivity contribution in [3.63, 3.8) is 0 Å². The summed E-state index contributed by atoms with van der Waals surface area (Å²) in [5, 5.41) is 3.77. The normalized spacial score (nSPS) is 29.5. The zero-order chi connectivity index (χ0) is 14.1. The van der Waals surface area contributed by atoms with E-state index in [1.54, 1.807) is 6.33 Å². The summed E-state index contributed by atoms with van der Waals surface area (Å²) in [5.41, 5.74) is 2.70. The molecule has 1 aromatic heterocycles. The van der Waals surface area contributed by atoms with E-state index in [-0.39, 0.29) is 0 Å². The number of rotatable bonds is 2. The van der Waals surface area contributed by atoms with Crippen molar-refractivity contribution in [1.82, 2.24) is 14.9 Å². The van der Waals surface area contributed by atoms with Crippen LogP contribution in [-0.4, -0.2) is 40.0 Å². The molecule has 1 N–H and O–H groups in total. The summed E-state index contributed by atoms with van der Waals surface area (Å²) in [6.07, 6.45) is 13.3. The third-order valence-electron chi connectivity index (χ3n) is 5.54. The van der Waals surface area contributed by atoms with Crippen LogP contribution in [-0.2, 0) is 12.8 Å². The van der Waals surface area contributed by atoms with Gasteiger partial charge in [0.25, 0.3) is 0 Å². The van der Waals surface area contributed by atoms with E-state index < -0.39 is 0 Å². The first-order valence-corrected chi connectivity index (χ1v) is 8.73. The van der Waals surface area contributed by atoms with Gasteiger partial charge in [-0.05, 0) is 57.9 Å². The summed E-state index contributed by atoms with van der Waals surface area (Å²) in [5.74, 6) is 1.14. The molecular weight excluding hydrogens is 260 g/mol. The first-order chi connectivity index (χ1) is 10.4. The summed E-state index contributed by atoms with van der Waals surface area (Å²) in [7, 11) is 0. The maximum atomic E-state index is 4.58. The molecule has 4 nitrogen and oxygen atoms in total. The maximum absolute atomic E-state index is 4.58. The number of piperidine rings is 1. The summed E-state index contributed by atoms with van der Waals surface area (Å²) in [6, 6.07) is 1.42. The van der Waals surface area contributed by atoms with Gasteiger partial charge in [0.05, 0.1) is 0 Å². The Kier molecular flexibility index (Phi) is 3.80. The minimum absolute atomic E-state index is 0.603. The Morgan fingerprint density at radius 2 is 1.95 bits per heavy atom. The largest absolute Gasteiger partial charge is 0.367 e. The number of fused-ring (bicyclic) bond motifs is 2. The molecule has 4 heteroatoms. The van der Waals surface area contributed by atoms with Crippen molar-refractivity contribution >= 4 is 5.82 Å². The zero-order valence-corrected chi connectivity index (χ0v) is 12.9. The van der Waals surface area contributed by atoms with Gasteiger partial charge >= 0.3 is 0 Å². The fraction of sp³-hybridized carbons (Fsp3) is 0.765. The summed E-state index contributed by atoms with van der Waals surface area (Å²) in [6.45, 7) is 2.58. The van der Waals surface area contributed by atoms with E-state index in [1.165, 1.54) is 69.3 Å². The minimum atomic E-state index is 0.603. The molecule has 0 spiro atoms. The van der Waals surface area contributed by atoms with Crippen LogP contribution >= 0.6 is 0 Å². The third kappa shape index (κ3) is 2.78. The average Bonchev–Trinajstić information content (AvgIpc) is 2.83. The van der Waals surface area contributed by atoms with Crippen molar-refractivity contribution in [2.24, 2.45) is 0 Å². The fourth-order valence-corrected chi connectivity index (χ4v) is 4.37. The van der Waals surface area contributed by atoms with E-state index in [4.69, 9.17) is 0 Å². The van der Waals surface area contributed by atoms with Gasteiger partial charge in [-0.25, -0.2) is 9.97 Å². The highest BCUT2D eigenvalue weighted by Gasteiger charge is 2.32. The van der Waals surface area contributed by atoms with Crippen molar-refractivity contribution < 1.29 is 0 Å². The monoisotopic (exact) mass is 286 g/mol. The summed E-state index contributed by atoms with van der Waals surface area (Å²) < 4.78 is 0. The Balaban J connectivity index is 1.49. The molecule has 114 valence electrons. The second-order valence-electron chi connectivity index (χ2n) is 6.91. The number of hydrogen-bond acceptors (Lipinski definition) is 4. The van der Waals surface area contributed by atoms with Crippen LogP contribution in [0, 0.1) is 0 Å². The fourth-order valence-electron chi connectivity index (χ4n) is 4.37. The second kappa shape index (κ2) is 5.91. The molecule has 0 aromatic carbocycles. The van der Waals surface area contributed by atoms with Crippen LogP contribution in [0.25, 0.3) is 0 Å². The zero-order valence-electron chi connectivity index (χ0n) is 12.9. The molecule has 2 fully saturated rings. The van der Waals surface area contributed by atoms with Crippen molar-refractivity contribution in [2.75, 3.05) is 18.4 Å². The SMILES string of the molecule is c1nc2c(c(NC3CCN4CCCC4C3)n1)CCCCC2. The number of anilines is 1. The average molecular weight is 286 g/mol. The number of aromatic nitrogens is 2. The highest BCUT2D eigenvalue weighted by Crippen LogP contribution is 2.30. The lowest BCUT2D eigenvalue weighted by Gasteiger charge is -2.35. The Morgan fingerprint density at radius 3 is 2.95 bits per heavy atom. The molecule has 3 heterocycles. The molecule has 0 amide bonds. The summed E-state index contributed by atoms with van der Waals surface area (Å²) in [4.78, 5) is 11.8. The van der Waals surface area contributed by atoms with Gasteiger partial charge in [0.15, 0.2) is 0 Å². The van der Waals surface area contributed by atoms with E-state index in [1.807, 2.05) is 0 Å². The topological polar surface area (TPSA) is 41.1 Å². The van der Waals surface area contributed by atoms with Gasteiger partial charge in [-0.3, -0.25) is 0 Å². The molecule has 0 bridgehead atoms. The van der Waals surface area contributed by atoms with E-state index >= 15 is 0 Å². The summed E-state index contributed by atoms with van der Waals surface area (Å²) >= 11 is 0. The first kappa shape index (κ1) is 13.5. The van der Waals surface area contributed by atoms with Gasteiger partial charge in [-0.1, -0.05) is 6.42 Å². The van der Waals surface area contributed by atoms with Crippen LogP contribution < -0.4 is 5.32 Å². The van der Waals surface area contributed by atoms with Crippen LogP contribution in [0.2, 0.25) is 0 Å². The Morgan fingerprint density at radius 1 is 1.00 bits per heavy atom. The quantitative estimate of drug-likeness (QED) is 0.849. The molecule has 1 aliphatic carbocycles. The standard InChI is InChI=1S/C17H26N4/c1-2-6-15-16(7-3-1)18-12-19-17(15)20-13-8-10-21-9-4-5-14(21)11-13/h12-14H,1-11H2,(H,18,19,20). The lowest BCUT2D eigenvalue weighted by molar-refractivity contribution is 0.188. The lowest BCUT2D eigenvalue weighted by Crippen LogP contribution is -2.43. The molecule has 21 heavy (non-hydrogen) atoms. The van der Waals surface area contributed by atoms with Crippen LogP contribution in [0.4, 0.5) is 5.82 Å². The van der Waals surface area contributed by atoms with Crippen molar-refractivity contribution in [3.8, 4) is 0 Å². The third-order valence-corrected chi connectivity index (χ3v) is 5.54. The van der Waals surface area contributed by atoms with Crippen LogP contribution in [0.3, 0.4) is 0 Å². The molecule has 2 unspecified atom stereocenters. The lowest BCUT2D eigenvalue weighted by atomic mass is 9.97. The van der Waals surface area contributed by atoms with E-state index in [0.717, 1.165) is 24.7 Å². The highest BCUT2D eigenvalue weighted by atomic mass is 15.2. The maximum Gasteiger partial charge on any atom is 0.133 e. The minimum Gasteiger partial charge on any atom is -0.367 e.